The number of amides is 1. The first-order valence-corrected chi connectivity index (χ1v) is 9.69. The lowest BCUT2D eigenvalue weighted by molar-refractivity contribution is -0.137. The van der Waals surface area contributed by atoms with Crippen LogP contribution in [-0.4, -0.2) is 23.2 Å². The molecule has 0 spiro atoms. The van der Waals surface area contributed by atoms with Crippen LogP contribution >= 0.6 is 0 Å². The van der Waals surface area contributed by atoms with Gasteiger partial charge in [-0.25, -0.2) is 0 Å². The molecule has 164 valence electrons. The molecule has 0 unspecified atom stereocenters. The lowest BCUT2D eigenvalue weighted by atomic mass is 9.98. The number of nitrogens with zero attached hydrogens (tertiary/aromatic N) is 2. The highest BCUT2D eigenvalue weighted by atomic mass is 19.4. The molecule has 2 atom stereocenters. The minimum absolute atomic E-state index is 0.0583. The van der Waals surface area contributed by atoms with E-state index >= 15 is 0 Å². The Morgan fingerprint density at radius 3 is 2.52 bits per heavy atom. The van der Waals surface area contributed by atoms with Crippen LogP contribution in [0.4, 0.5) is 13.2 Å². The molecule has 1 aromatic heterocycles. The summed E-state index contributed by atoms with van der Waals surface area (Å²) in [6.45, 7) is 3.86. The van der Waals surface area contributed by atoms with E-state index in [1.165, 1.54) is 0 Å². The standard InChI is InChI=1S/C22H22F3N3O3/c1-4-13(2)18(26-20(29)14-8-10-16(11-9-14)22(23,24)25)21-27-19(28-31-21)15-6-5-7-17(12-15)30-3/h5-13,18H,4H2,1-3H3,(H,26,29)/t13-,18+/m0/s1. The number of carbonyl (C=O) groups excluding carboxylic acids is 1. The van der Waals surface area contributed by atoms with Gasteiger partial charge in [-0.15, -0.1) is 0 Å². The molecule has 1 N–H and O–H groups in total. The maximum Gasteiger partial charge on any atom is 0.416 e. The second kappa shape index (κ2) is 9.20. The normalized spacial score (nSPS) is 13.5. The predicted molar refractivity (Wildman–Crippen MR) is 107 cm³/mol. The fourth-order valence-corrected chi connectivity index (χ4v) is 2.96. The quantitative estimate of drug-likeness (QED) is 0.549. The van der Waals surface area contributed by atoms with Gasteiger partial charge in [0.2, 0.25) is 11.7 Å². The van der Waals surface area contributed by atoms with Gasteiger partial charge in [0, 0.05) is 11.1 Å². The summed E-state index contributed by atoms with van der Waals surface area (Å²) in [5.41, 5.74) is -0.0255. The molecule has 0 bridgehead atoms. The number of halogens is 3. The van der Waals surface area contributed by atoms with E-state index in [1.807, 2.05) is 13.8 Å². The molecule has 3 aromatic rings. The lowest BCUT2D eigenvalue weighted by Gasteiger charge is -2.21. The van der Waals surface area contributed by atoms with Crippen molar-refractivity contribution in [1.82, 2.24) is 15.5 Å². The predicted octanol–water partition coefficient (Wildman–Crippen LogP) is 5.28. The van der Waals surface area contributed by atoms with Gasteiger partial charge in [-0.1, -0.05) is 37.6 Å². The smallest absolute Gasteiger partial charge is 0.416 e. The van der Waals surface area contributed by atoms with Gasteiger partial charge in [-0.2, -0.15) is 18.2 Å². The Morgan fingerprint density at radius 2 is 1.90 bits per heavy atom. The number of carbonyl (C=O) groups is 1. The van der Waals surface area contributed by atoms with Gasteiger partial charge in [-0.05, 0) is 42.3 Å². The average molecular weight is 433 g/mol. The van der Waals surface area contributed by atoms with Crippen LogP contribution in [0.5, 0.6) is 5.75 Å². The van der Waals surface area contributed by atoms with Crippen LogP contribution in [-0.2, 0) is 6.18 Å². The van der Waals surface area contributed by atoms with Crippen LogP contribution in [0, 0.1) is 5.92 Å². The summed E-state index contributed by atoms with van der Waals surface area (Å²) in [6.07, 6.45) is -3.76. The van der Waals surface area contributed by atoms with Crippen molar-refractivity contribution in [2.75, 3.05) is 7.11 Å². The Hall–Kier alpha value is -3.36. The van der Waals surface area contributed by atoms with E-state index < -0.39 is 23.7 Å². The summed E-state index contributed by atoms with van der Waals surface area (Å²) in [7, 11) is 1.55. The number of aromatic nitrogens is 2. The van der Waals surface area contributed by atoms with Crippen molar-refractivity contribution in [3.05, 3.63) is 65.5 Å². The SMILES string of the molecule is CC[C@H](C)[C@@H](NC(=O)c1ccc(C(F)(F)F)cc1)c1nc(-c2cccc(OC)c2)no1. The summed E-state index contributed by atoms with van der Waals surface area (Å²) < 4.78 is 48.9. The van der Waals surface area contributed by atoms with E-state index in [9.17, 15) is 18.0 Å². The molecule has 1 amide bonds. The zero-order valence-electron chi connectivity index (χ0n) is 17.2. The number of alkyl halides is 3. The Bertz CT molecular complexity index is 1030. The Balaban J connectivity index is 1.82. The molecule has 0 saturated heterocycles. The summed E-state index contributed by atoms with van der Waals surface area (Å²) in [6, 6.07) is 10.6. The molecule has 0 saturated carbocycles. The van der Waals surface area contributed by atoms with Gasteiger partial charge in [0.1, 0.15) is 11.8 Å². The first kappa shape index (κ1) is 22.3. The summed E-state index contributed by atoms with van der Waals surface area (Å²) in [5.74, 6) is 0.605. The molecule has 31 heavy (non-hydrogen) atoms. The molecular formula is C22H22F3N3O3. The number of methoxy groups -OCH3 is 1. The van der Waals surface area contributed by atoms with Crippen molar-refractivity contribution in [1.29, 1.82) is 0 Å². The van der Waals surface area contributed by atoms with E-state index in [2.05, 4.69) is 15.5 Å². The third kappa shape index (κ3) is 5.22. The highest BCUT2D eigenvalue weighted by Crippen LogP contribution is 2.30. The van der Waals surface area contributed by atoms with E-state index in [4.69, 9.17) is 9.26 Å². The molecule has 6 nitrogen and oxygen atoms in total. The van der Waals surface area contributed by atoms with Gasteiger partial charge in [0.05, 0.1) is 12.7 Å². The molecule has 3 rings (SSSR count). The van der Waals surface area contributed by atoms with Gasteiger partial charge < -0.3 is 14.6 Å². The second-order valence-electron chi connectivity index (χ2n) is 7.10. The first-order valence-electron chi connectivity index (χ1n) is 9.69. The Kier molecular flexibility index (Phi) is 6.62. The fourth-order valence-electron chi connectivity index (χ4n) is 2.96. The highest BCUT2D eigenvalue weighted by molar-refractivity contribution is 5.94. The Morgan fingerprint density at radius 1 is 1.19 bits per heavy atom. The number of ether oxygens (including phenoxy) is 1. The van der Waals surface area contributed by atoms with Crippen LogP contribution < -0.4 is 10.1 Å². The summed E-state index contributed by atoms with van der Waals surface area (Å²) >= 11 is 0. The largest absolute Gasteiger partial charge is 0.497 e. The van der Waals surface area contributed by atoms with Gasteiger partial charge in [0.15, 0.2) is 0 Å². The minimum atomic E-state index is -4.46. The van der Waals surface area contributed by atoms with Crippen LogP contribution in [0.2, 0.25) is 0 Å². The van der Waals surface area contributed by atoms with Crippen LogP contribution in [0.1, 0.15) is 48.1 Å². The number of benzene rings is 2. The molecular weight excluding hydrogens is 411 g/mol. The highest BCUT2D eigenvalue weighted by Gasteiger charge is 2.31. The third-order valence-electron chi connectivity index (χ3n) is 5.01. The van der Waals surface area contributed by atoms with Crippen molar-refractivity contribution < 1.29 is 27.2 Å². The van der Waals surface area contributed by atoms with Gasteiger partial charge >= 0.3 is 6.18 Å². The maximum atomic E-state index is 12.8. The molecule has 2 aromatic carbocycles. The van der Waals surface area contributed by atoms with Crippen molar-refractivity contribution in [3.8, 4) is 17.1 Å². The monoisotopic (exact) mass is 433 g/mol. The summed E-state index contributed by atoms with van der Waals surface area (Å²) in [5, 5.41) is 6.80. The van der Waals surface area contributed by atoms with Crippen LogP contribution in [0.15, 0.2) is 53.1 Å². The lowest BCUT2D eigenvalue weighted by Crippen LogP contribution is -2.32. The molecule has 0 aliphatic carbocycles. The molecule has 0 aliphatic heterocycles. The maximum absolute atomic E-state index is 12.8. The second-order valence-corrected chi connectivity index (χ2v) is 7.10. The van der Waals surface area contributed by atoms with E-state index in [1.54, 1.807) is 31.4 Å². The number of hydrogen-bond donors (Lipinski definition) is 1. The zero-order valence-corrected chi connectivity index (χ0v) is 17.2. The van der Waals surface area contributed by atoms with Crippen molar-refractivity contribution in [2.24, 2.45) is 5.92 Å². The van der Waals surface area contributed by atoms with Gasteiger partial charge in [0.25, 0.3) is 5.91 Å². The number of nitrogens with one attached hydrogen (secondary N) is 1. The van der Waals surface area contributed by atoms with Crippen LogP contribution in [0.3, 0.4) is 0 Å². The third-order valence-corrected chi connectivity index (χ3v) is 5.01. The molecule has 1 heterocycles. The van der Waals surface area contributed by atoms with E-state index in [0.29, 0.717) is 23.6 Å². The minimum Gasteiger partial charge on any atom is -0.497 e. The van der Waals surface area contributed by atoms with Crippen molar-refractivity contribution in [3.63, 3.8) is 0 Å². The topological polar surface area (TPSA) is 77.2 Å². The fraction of sp³-hybridized carbons (Fsp3) is 0.318. The van der Waals surface area contributed by atoms with Crippen molar-refractivity contribution >= 4 is 5.91 Å². The molecule has 0 radical (unpaired) electrons. The molecule has 9 heteroatoms. The van der Waals surface area contributed by atoms with E-state index in [0.717, 1.165) is 24.3 Å². The van der Waals surface area contributed by atoms with Gasteiger partial charge in [-0.3, -0.25) is 4.79 Å². The van der Waals surface area contributed by atoms with Crippen LogP contribution in [0.25, 0.3) is 11.4 Å². The number of hydrogen-bond acceptors (Lipinski definition) is 5. The average Bonchev–Trinajstić information content (AvgIpc) is 3.26. The molecule has 0 aliphatic rings. The molecule has 0 fully saturated rings. The van der Waals surface area contributed by atoms with Crippen molar-refractivity contribution in [2.45, 2.75) is 32.5 Å². The summed E-state index contributed by atoms with van der Waals surface area (Å²) in [4.78, 5) is 17.1. The van der Waals surface area contributed by atoms with E-state index in [-0.39, 0.29) is 17.4 Å². The Labute approximate surface area is 177 Å². The first-order chi connectivity index (χ1) is 14.7. The number of rotatable bonds is 7. The zero-order chi connectivity index (χ0) is 22.6.